The van der Waals surface area contributed by atoms with E-state index in [0.717, 1.165) is 0 Å². The lowest BCUT2D eigenvalue weighted by atomic mass is 10.2. The molecule has 0 aliphatic rings. The van der Waals surface area contributed by atoms with Gasteiger partial charge in [-0.15, -0.1) is 0 Å². The van der Waals surface area contributed by atoms with Crippen molar-refractivity contribution in [1.29, 1.82) is 0 Å². The molecule has 2 aromatic heterocycles. The molecular formula is C20H15FN2O5S. The molecule has 0 unspecified atom stereocenters. The smallest absolute Gasteiger partial charge is 0.293 e. The summed E-state index contributed by atoms with van der Waals surface area (Å²) in [6, 6.07) is 14.9. The summed E-state index contributed by atoms with van der Waals surface area (Å²) in [5, 5.41) is 3.81. The number of hydrogen-bond donors (Lipinski definition) is 0. The van der Waals surface area contributed by atoms with Gasteiger partial charge in [0.2, 0.25) is 5.82 Å². The van der Waals surface area contributed by atoms with E-state index in [2.05, 4.69) is 10.1 Å². The quantitative estimate of drug-likeness (QED) is 0.468. The maximum Gasteiger partial charge on any atom is 0.293 e. The molecule has 0 radical (unpaired) electrons. The molecule has 0 spiro atoms. The van der Waals surface area contributed by atoms with Crippen molar-refractivity contribution in [2.45, 2.75) is 10.6 Å². The van der Waals surface area contributed by atoms with Gasteiger partial charge in [-0.25, -0.2) is 12.8 Å². The summed E-state index contributed by atoms with van der Waals surface area (Å²) in [7, 11) is -2.10. The first-order valence-electron chi connectivity index (χ1n) is 8.50. The molecule has 9 heteroatoms. The Balaban J connectivity index is 1.54. The number of nitrogens with zero attached hydrogens (tertiary/aromatic N) is 2. The Morgan fingerprint density at radius 2 is 1.86 bits per heavy atom. The van der Waals surface area contributed by atoms with Crippen LogP contribution in [0.2, 0.25) is 0 Å². The van der Waals surface area contributed by atoms with E-state index in [1.165, 1.54) is 43.5 Å². The summed E-state index contributed by atoms with van der Waals surface area (Å²) in [6.07, 6.45) is 0. The van der Waals surface area contributed by atoms with Gasteiger partial charge in [0.1, 0.15) is 23.1 Å². The number of furan rings is 1. The predicted octanol–water partition coefficient (Wildman–Crippen LogP) is 4.12. The Bertz CT molecular complexity index is 1250. The van der Waals surface area contributed by atoms with Crippen LogP contribution >= 0.6 is 0 Å². The van der Waals surface area contributed by atoms with Gasteiger partial charge < -0.3 is 13.7 Å². The molecule has 0 aliphatic heterocycles. The van der Waals surface area contributed by atoms with E-state index in [9.17, 15) is 12.8 Å². The molecule has 0 saturated carbocycles. The van der Waals surface area contributed by atoms with Gasteiger partial charge in [-0.05, 0) is 48.5 Å². The van der Waals surface area contributed by atoms with E-state index < -0.39 is 15.7 Å². The van der Waals surface area contributed by atoms with Crippen molar-refractivity contribution in [3.05, 3.63) is 72.2 Å². The van der Waals surface area contributed by atoms with Crippen LogP contribution in [0.25, 0.3) is 23.0 Å². The lowest BCUT2D eigenvalue weighted by Gasteiger charge is -2.04. The number of ether oxygens (including phenoxy) is 1. The van der Waals surface area contributed by atoms with Gasteiger partial charge in [0.15, 0.2) is 15.6 Å². The van der Waals surface area contributed by atoms with Crippen molar-refractivity contribution in [2.75, 3.05) is 7.11 Å². The standard InChI is InChI=1S/C20H15FN2O5S/c1-26-15-5-8-17(9-6-15)29(24,25)12-16-7-10-18(27-16)20-22-19(23-28-20)13-3-2-4-14(21)11-13/h2-11H,12H2,1H3. The number of aromatic nitrogens is 2. The second-order valence-corrected chi connectivity index (χ2v) is 8.12. The highest BCUT2D eigenvalue weighted by molar-refractivity contribution is 7.90. The van der Waals surface area contributed by atoms with Crippen LogP contribution in [-0.2, 0) is 15.6 Å². The monoisotopic (exact) mass is 414 g/mol. The van der Waals surface area contributed by atoms with Crippen LogP contribution in [0.5, 0.6) is 5.75 Å². The zero-order chi connectivity index (χ0) is 20.4. The molecule has 4 rings (SSSR count). The van der Waals surface area contributed by atoms with Gasteiger partial charge in [-0.1, -0.05) is 17.3 Å². The second kappa shape index (κ2) is 7.51. The summed E-state index contributed by atoms with van der Waals surface area (Å²) >= 11 is 0. The molecule has 148 valence electrons. The number of methoxy groups -OCH3 is 1. The minimum Gasteiger partial charge on any atom is -0.497 e. The van der Waals surface area contributed by atoms with Crippen molar-refractivity contribution >= 4 is 9.84 Å². The topological polar surface area (TPSA) is 95.4 Å². The highest BCUT2D eigenvalue weighted by Crippen LogP contribution is 2.26. The number of benzene rings is 2. The minimum atomic E-state index is -3.61. The first-order valence-corrected chi connectivity index (χ1v) is 10.2. The van der Waals surface area contributed by atoms with Crippen molar-refractivity contribution in [3.8, 4) is 28.8 Å². The van der Waals surface area contributed by atoms with E-state index in [1.807, 2.05) is 0 Å². The summed E-state index contributed by atoms with van der Waals surface area (Å²) in [5.41, 5.74) is 0.453. The third kappa shape index (κ3) is 4.04. The Labute approximate surface area is 165 Å². The average molecular weight is 414 g/mol. The van der Waals surface area contributed by atoms with Gasteiger partial charge in [0.05, 0.1) is 12.0 Å². The molecule has 0 amide bonds. The molecule has 2 heterocycles. The molecule has 4 aromatic rings. The largest absolute Gasteiger partial charge is 0.497 e. The molecule has 0 N–H and O–H groups in total. The Kier molecular flexibility index (Phi) is 4.89. The second-order valence-electron chi connectivity index (χ2n) is 6.13. The van der Waals surface area contributed by atoms with Crippen LogP contribution in [0.3, 0.4) is 0 Å². The molecule has 0 atom stereocenters. The fourth-order valence-corrected chi connectivity index (χ4v) is 3.94. The third-order valence-corrected chi connectivity index (χ3v) is 5.79. The lowest BCUT2D eigenvalue weighted by Crippen LogP contribution is -2.04. The van der Waals surface area contributed by atoms with Crippen LogP contribution in [0, 0.1) is 5.82 Å². The van der Waals surface area contributed by atoms with Gasteiger partial charge in [-0.3, -0.25) is 0 Å². The SMILES string of the molecule is COc1ccc(S(=O)(=O)Cc2ccc(-c3nc(-c4cccc(F)c4)no3)o2)cc1. The van der Waals surface area contributed by atoms with Crippen LogP contribution in [0.15, 0.2) is 74.5 Å². The summed E-state index contributed by atoms with van der Waals surface area (Å²) in [5.74, 6) is 0.527. The van der Waals surface area contributed by atoms with Crippen molar-refractivity contribution in [3.63, 3.8) is 0 Å². The number of rotatable bonds is 6. The Morgan fingerprint density at radius 3 is 2.59 bits per heavy atom. The summed E-state index contributed by atoms with van der Waals surface area (Å²) in [6.45, 7) is 0. The maximum atomic E-state index is 13.4. The normalized spacial score (nSPS) is 11.5. The highest BCUT2D eigenvalue weighted by Gasteiger charge is 2.20. The van der Waals surface area contributed by atoms with Crippen LogP contribution < -0.4 is 4.74 Å². The maximum absolute atomic E-state index is 13.4. The van der Waals surface area contributed by atoms with E-state index in [4.69, 9.17) is 13.7 Å². The van der Waals surface area contributed by atoms with Crippen molar-refractivity contribution in [1.82, 2.24) is 10.1 Å². The molecule has 0 bridgehead atoms. The van der Waals surface area contributed by atoms with Crippen LogP contribution in [0.1, 0.15) is 5.76 Å². The highest BCUT2D eigenvalue weighted by atomic mass is 32.2. The molecule has 0 aliphatic carbocycles. The molecule has 2 aromatic carbocycles. The van der Waals surface area contributed by atoms with Crippen molar-refractivity contribution < 1.29 is 26.5 Å². The van der Waals surface area contributed by atoms with E-state index >= 15 is 0 Å². The van der Waals surface area contributed by atoms with Gasteiger partial charge >= 0.3 is 0 Å². The molecule has 7 nitrogen and oxygen atoms in total. The molecule has 0 saturated heterocycles. The fraction of sp³-hybridized carbons (Fsp3) is 0.100. The number of hydrogen-bond acceptors (Lipinski definition) is 7. The number of sulfone groups is 1. The molecular weight excluding hydrogens is 399 g/mol. The van der Waals surface area contributed by atoms with E-state index in [0.29, 0.717) is 11.3 Å². The first kappa shape index (κ1) is 18.9. The summed E-state index contributed by atoms with van der Waals surface area (Å²) in [4.78, 5) is 4.33. The molecule has 0 fully saturated rings. The van der Waals surface area contributed by atoms with Crippen LogP contribution in [-0.4, -0.2) is 25.7 Å². The molecule has 29 heavy (non-hydrogen) atoms. The predicted molar refractivity (Wildman–Crippen MR) is 101 cm³/mol. The van der Waals surface area contributed by atoms with Gasteiger partial charge in [-0.2, -0.15) is 4.98 Å². The Morgan fingerprint density at radius 1 is 1.07 bits per heavy atom. The summed E-state index contributed by atoms with van der Waals surface area (Å²) < 4.78 is 54.3. The van der Waals surface area contributed by atoms with E-state index in [-0.39, 0.29) is 33.9 Å². The average Bonchev–Trinajstić information content (AvgIpc) is 3.37. The lowest BCUT2D eigenvalue weighted by molar-refractivity contribution is 0.413. The first-order chi connectivity index (χ1) is 13.9. The van der Waals surface area contributed by atoms with Crippen molar-refractivity contribution in [2.24, 2.45) is 0 Å². The van der Waals surface area contributed by atoms with Gasteiger partial charge in [0, 0.05) is 5.56 Å². The zero-order valence-corrected chi connectivity index (χ0v) is 16.0. The fourth-order valence-electron chi connectivity index (χ4n) is 2.69. The number of halogens is 1. The van der Waals surface area contributed by atoms with Crippen LogP contribution in [0.4, 0.5) is 4.39 Å². The Hall–Kier alpha value is -3.46. The zero-order valence-electron chi connectivity index (χ0n) is 15.2. The van der Waals surface area contributed by atoms with E-state index in [1.54, 1.807) is 24.3 Å². The van der Waals surface area contributed by atoms with Gasteiger partial charge in [0.25, 0.3) is 5.89 Å². The minimum absolute atomic E-state index is 0.0670. The third-order valence-electron chi connectivity index (χ3n) is 4.13.